The normalized spacial score (nSPS) is 11.1. The van der Waals surface area contributed by atoms with Crippen LogP contribution in [0.3, 0.4) is 0 Å². The van der Waals surface area contributed by atoms with Crippen LogP contribution in [0.1, 0.15) is 13.8 Å². The van der Waals surface area contributed by atoms with Crippen molar-refractivity contribution in [3.05, 3.63) is 58.7 Å². The Kier molecular flexibility index (Phi) is 6.70. The van der Waals surface area contributed by atoms with E-state index in [1.807, 2.05) is 49.6 Å². The van der Waals surface area contributed by atoms with Crippen molar-refractivity contribution in [3.63, 3.8) is 0 Å². The summed E-state index contributed by atoms with van der Waals surface area (Å²) in [4.78, 5) is 30.7. The third-order valence-electron chi connectivity index (χ3n) is 4.10. The van der Waals surface area contributed by atoms with Crippen molar-refractivity contribution in [3.8, 4) is 11.1 Å². The summed E-state index contributed by atoms with van der Waals surface area (Å²) in [6.07, 6.45) is 1.67. The number of fused-ring (bicyclic) bond motifs is 1. The van der Waals surface area contributed by atoms with Crippen LogP contribution >= 0.6 is 23.1 Å². The number of rotatable bonds is 8. The first-order valence-corrected chi connectivity index (χ1v) is 11.0. The number of hydrogen-bond donors (Lipinski definition) is 1. The van der Waals surface area contributed by atoms with Gasteiger partial charge in [0.1, 0.15) is 4.83 Å². The van der Waals surface area contributed by atoms with Gasteiger partial charge in [-0.3, -0.25) is 14.2 Å². The summed E-state index contributed by atoms with van der Waals surface area (Å²) in [5.74, 6) is 0.554. The number of nitrogens with one attached hydrogen (secondary N) is 1. The maximum absolute atomic E-state index is 13.2. The number of hydrogen-bond acceptors (Lipinski definition) is 5. The van der Waals surface area contributed by atoms with Crippen molar-refractivity contribution in [1.29, 1.82) is 0 Å². The minimum absolute atomic E-state index is 0.0608. The van der Waals surface area contributed by atoms with E-state index in [-0.39, 0.29) is 17.2 Å². The summed E-state index contributed by atoms with van der Waals surface area (Å²) >= 11 is 2.73. The van der Waals surface area contributed by atoms with E-state index in [0.717, 1.165) is 11.1 Å². The average molecular weight is 414 g/mol. The van der Waals surface area contributed by atoms with Gasteiger partial charge in [0, 0.05) is 24.0 Å². The van der Waals surface area contributed by atoms with E-state index >= 15 is 0 Å². The molecule has 2 heterocycles. The molecule has 0 atom stereocenters. The summed E-state index contributed by atoms with van der Waals surface area (Å²) in [5, 5.41) is 6.02. The van der Waals surface area contributed by atoms with Crippen LogP contribution in [0.2, 0.25) is 0 Å². The van der Waals surface area contributed by atoms with Crippen molar-refractivity contribution in [2.45, 2.75) is 25.5 Å². The lowest BCUT2D eigenvalue weighted by molar-refractivity contribution is -0.118. The zero-order valence-electron chi connectivity index (χ0n) is 16.0. The number of allylic oxidation sites excluding steroid dienone is 1. The van der Waals surface area contributed by atoms with E-state index in [0.29, 0.717) is 34.4 Å². The first kappa shape index (κ1) is 20.4. The quantitative estimate of drug-likeness (QED) is 0.342. The molecule has 1 amide bonds. The standard InChI is InChI=1S/C21H23N3O2S2/c1-4-10-24-20(26)18-16(15-8-6-5-7-9-15)12-27-19(18)23-21(24)28-13-17(25)22-11-14(2)3/h4-9,12,14H,1,10-11,13H2,2-3H3,(H,22,25). The molecule has 7 heteroatoms. The highest BCUT2D eigenvalue weighted by Crippen LogP contribution is 2.32. The van der Waals surface area contributed by atoms with Gasteiger partial charge < -0.3 is 5.32 Å². The minimum Gasteiger partial charge on any atom is -0.355 e. The van der Waals surface area contributed by atoms with Crippen molar-refractivity contribution < 1.29 is 4.79 Å². The Morgan fingerprint density at radius 2 is 2.11 bits per heavy atom. The molecule has 0 bridgehead atoms. The van der Waals surface area contributed by atoms with Gasteiger partial charge in [-0.15, -0.1) is 17.9 Å². The molecular weight excluding hydrogens is 390 g/mol. The molecule has 146 valence electrons. The molecule has 2 aromatic heterocycles. The van der Waals surface area contributed by atoms with Gasteiger partial charge in [0.05, 0.1) is 11.1 Å². The number of aromatic nitrogens is 2. The van der Waals surface area contributed by atoms with Gasteiger partial charge in [-0.2, -0.15) is 0 Å². The van der Waals surface area contributed by atoms with Crippen LogP contribution in [0.4, 0.5) is 0 Å². The van der Waals surface area contributed by atoms with E-state index < -0.39 is 0 Å². The lowest BCUT2D eigenvalue weighted by Crippen LogP contribution is -2.29. The largest absolute Gasteiger partial charge is 0.355 e. The topological polar surface area (TPSA) is 64.0 Å². The molecule has 0 fully saturated rings. The summed E-state index contributed by atoms with van der Waals surface area (Å²) in [7, 11) is 0. The van der Waals surface area contributed by atoms with Gasteiger partial charge in [0.25, 0.3) is 5.56 Å². The Hall–Kier alpha value is -2.38. The monoisotopic (exact) mass is 413 g/mol. The van der Waals surface area contributed by atoms with Crippen LogP contribution in [-0.2, 0) is 11.3 Å². The Bertz CT molecular complexity index is 1040. The van der Waals surface area contributed by atoms with Crippen molar-refractivity contribution >= 4 is 39.2 Å². The number of thioether (sulfide) groups is 1. The van der Waals surface area contributed by atoms with Crippen molar-refractivity contribution in [2.24, 2.45) is 5.92 Å². The fraction of sp³-hybridized carbons (Fsp3) is 0.286. The van der Waals surface area contributed by atoms with Crippen LogP contribution in [0.15, 0.2) is 58.3 Å². The number of benzene rings is 1. The molecule has 3 aromatic rings. The molecule has 1 N–H and O–H groups in total. The molecule has 0 saturated carbocycles. The number of nitrogens with zero attached hydrogens (tertiary/aromatic N) is 2. The molecule has 0 saturated heterocycles. The fourth-order valence-electron chi connectivity index (χ4n) is 2.74. The summed E-state index contributed by atoms with van der Waals surface area (Å²) < 4.78 is 1.59. The van der Waals surface area contributed by atoms with Crippen LogP contribution in [0, 0.1) is 5.92 Å². The molecule has 5 nitrogen and oxygen atoms in total. The zero-order valence-corrected chi connectivity index (χ0v) is 17.6. The van der Waals surface area contributed by atoms with Crippen LogP contribution in [-0.4, -0.2) is 27.8 Å². The van der Waals surface area contributed by atoms with E-state index in [1.54, 1.807) is 10.6 Å². The molecule has 1 aromatic carbocycles. The van der Waals surface area contributed by atoms with Crippen LogP contribution in [0.5, 0.6) is 0 Å². The molecule has 0 aliphatic heterocycles. The van der Waals surface area contributed by atoms with Crippen molar-refractivity contribution in [1.82, 2.24) is 14.9 Å². The molecule has 3 rings (SSSR count). The predicted octanol–water partition coefficient (Wildman–Crippen LogP) is 4.18. The predicted molar refractivity (Wildman–Crippen MR) is 118 cm³/mol. The average Bonchev–Trinajstić information content (AvgIpc) is 3.12. The molecule has 28 heavy (non-hydrogen) atoms. The van der Waals surface area contributed by atoms with E-state index in [1.165, 1.54) is 23.1 Å². The summed E-state index contributed by atoms with van der Waals surface area (Å²) in [6.45, 7) is 8.84. The first-order chi connectivity index (χ1) is 13.5. The van der Waals surface area contributed by atoms with E-state index in [4.69, 9.17) is 0 Å². The maximum atomic E-state index is 13.2. The second kappa shape index (κ2) is 9.21. The zero-order chi connectivity index (χ0) is 20.1. The second-order valence-electron chi connectivity index (χ2n) is 6.78. The maximum Gasteiger partial charge on any atom is 0.263 e. The lowest BCUT2D eigenvalue weighted by Gasteiger charge is -2.11. The minimum atomic E-state index is -0.102. The molecule has 0 spiro atoms. The Morgan fingerprint density at radius 3 is 2.79 bits per heavy atom. The Balaban J connectivity index is 1.96. The number of thiophene rings is 1. The molecular formula is C21H23N3O2S2. The Morgan fingerprint density at radius 1 is 1.36 bits per heavy atom. The highest BCUT2D eigenvalue weighted by Gasteiger charge is 2.17. The lowest BCUT2D eigenvalue weighted by atomic mass is 10.1. The summed E-state index contributed by atoms with van der Waals surface area (Å²) in [6, 6.07) is 9.83. The second-order valence-corrected chi connectivity index (χ2v) is 8.58. The third-order valence-corrected chi connectivity index (χ3v) is 5.94. The van der Waals surface area contributed by atoms with Gasteiger partial charge in [-0.1, -0.05) is 62.0 Å². The van der Waals surface area contributed by atoms with Gasteiger partial charge in [0.15, 0.2) is 5.16 Å². The highest BCUT2D eigenvalue weighted by atomic mass is 32.2. The van der Waals surface area contributed by atoms with Crippen LogP contribution in [0.25, 0.3) is 21.3 Å². The smallest absolute Gasteiger partial charge is 0.263 e. The van der Waals surface area contributed by atoms with E-state index in [9.17, 15) is 9.59 Å². The summed E-state index contributed by atoms with van der Waals surface area (Å²) in [5.41, 5.74) is 1.78. The number of amides is 1. The highest BCUT2D eigenvalue weighted by molar-refractivity contribution is 7.99. The fourth-order valence-corrected chi connectivity index (χ4v) is 4.56. The van der Waals surface area contributed by atoms with Gasteiger partial charge >= 0.3 is 0 Å². The van der Waals surface area contributed by atoms with Gasteiger partial charge in [-0.25, -0.2) is 4.98 Å². The van der Waals surface area contributed by atoms with Gasteiger partial charge in [0.2, 0.25) is 5.91 Å². The van der Waals surface area contributed by atoms with Gasteiger partial charge in [-0.05, 0) is 11.5 Å². The first-order valence-electron chi connectivity index (χ1n) is 9.09. The SMILES string of the molecule is C=CCn1c(SCC(=O)NCC(C)C)nc2scc(-c3ccccc3)c2c1=O. The Labute approximate surface area is 172 Å². The van der Waals surface area contributed by atoms with Crippen molar-refractivity contribution in [2.75, 3.05) is 12.3 Å². The van der Waals surface area contributed by atoms with E-state index in [2.05, 4.69) is 16.9 Å². The molecule has 0 radical (unpaired) electrons. The number of carbonyl (C=O) groups excluding carboxylic acids is 1. The molecule has 0 aliphatic rings. The third kappa shape index (κ3) is 4.54. The molecule has 0 unspecified atom stereocenters. The van der Waals surface area contributed by atoms with Crippen LogP contribution < -0.4 is 10.9 Å². The number of carbonyl (C=O) groups is 1. The molecule has 0 aliphatic carbocycles.